The van der Waals surface area contributed by atoms with E-state index in [2.05, 4.69) is 20.6 Å². The largest absolute Gasteiger partial charge is 0.416 e. The number of H-pyrrole nitrogens is 1. The van der Waals surface area contributed by atoms with Gasteiger partial charge in [-0.25, -0.2) is 0 Å². The molecule has 0 fully saturated rings. The minimum atomic E-state index is -4.87. The lowest BCUT2D eigenvalue weighted by Crippen LogP contribution is -2.12. The zero-order valence-electron chi connectivity index (χ0n) is 9.55. The third-order valence-corrected chi connectivity index (χ3v) is 2.40. The van der Waals surface area contributed by atoms with Crippen LogP contribution in [0.3, 0.4) is 0 Å². The number of rotatable bonds is 2. The summed E-state index contributed by atoms with van der Waals surface area (Å²) in [5, 5.41) is 12.2. The lowest BCUT2D eigenvalue weighted by Gasteiger charge is -2.13. The third-order valence-electron chi connectivity index (χ3n) is 2.40. The van der Waals surface area contributed by atoms with E-state index in [9.17, 15) is 26.3 Å². The first-order chi connectivity index (χ1) is 9.16. The standard InChI is InChI=1S/C10H6F6N4/c11-9(12,13)6-1-5(3-8-17-19-20-18-8)2-7(4-6)10(14,15)16/h1-2,4H,3H2,(H,17,18,19,20). The summed E-state index contributed by atoms with van der Waals surface area (Å²) >= 11 is 0. The SMILES string of the molecule is FC(F)(F)c1cc(Cc2nn[nH]n2)cc(C(F)(F)F)c1. The van der Waals surface area contributed by atoms with E-state index in [0.29, 0.717) is 12.1 Å². The van der Waals surface area contributed by atoms with Crippen LogP contribution >= 0.6 is 0 Å². The second kappa shape index (κ2) is 4.76. The Labute approximate surface area is 107 Å². The maximum Gasteiger partial charge on any atom is 0.416 e. The molecule has 2 aromatic rings. The van der Waals surface area contributed by atoms with Crippen LogP contribution in [0.5, 0.6) is 0 Å². The molecule has 0 amide bonds. The van der Waals surface area contributed by atoms with Crippen LogP contribution in [-0.2, 0) is 18.8 Å². The van der Waals surface area contributed by atoms with Gasteiger partial charge in [-0.05, 0) is 23.8 Å². The van der Waals surface area contributed by atoms with Gasteiger partial charge in [0, 0.05) is 6.42 Å². The average Bonchev–Trinajstić information content (AvgIpc) is 2.79. The van der Waals surface area contributed by atoms with Gasteiger partial charge in [0.1, 0.15) is 0 Å². The van der Waals surface area contributed by atoms with Crippen LogP contribution in [0.1, 0.15) is 22.5 Å². The van der Waals surface area contributed by atoms with E-state index in [4.69, 9.17) is 0 Å². The van der Waals surface area contributed by atoms with Gasteiger partial charge in [-0.15, -0.1) is 10.2 Å². The highest BCUT2D eigenvalue weighted by Crippen LogP contribution is 2.36. The quantitative estimate of drug-likeness (QED) is 0.867. The van der Waals surface area contributed by atoms with Crippen LogP contribution in [0.25, 0.3) is 0 Å². The van der Waals surface area contributed by atoms with Gasteiger partial charge in [-0.1, -0.05) is 5.21 Å². The van der Waals surface area contributed by atoms with E-state index >= 15 is 0 Å². The first kappa shape index (κ1) is 14.3. The Kier molecular flexibility index (Phi) is 3.40. The van der Waals surface area contributed by atoms with Crippen LogP contribution < -0.4 is 0 Å². The van der Waals surface area contributed by atoms with Crippen molar-refractivity contribution in [3.63, 3.8) is 0 Å². The van der Waals surface area contributed by atoms with E-state index < -0.39 is 23.5 Å². The van der Waals surface area contributed by atoms with E-state index in [0.717, 1.165) is 0 Å². The topological polar surface area (TPSA) is 54.5 Å². The smallest absolute Gasteiger partial charge is 0.177 e. The number of nitrogens with one attached hydrogen (secondary N) is 1. The maximum atomic E-state index is 12.6. The maximum absolute atomic E-state index is 12.6. The number of hydrogen-bond acceptors (Lipinski definition) is 3. The summed E-state index contributed by atoms with van der Waals surface area (Å²) in [5.41, 5.74) is -2.94. The van der Waals surface area contributed by atoms with Crippen molar-refractivity contribution in [2.24, 2.45) is 0 Å². The van der Waals surface area contributed by atoms with Gasteiger partial charge in [0.25, 0.3) is 0 Å². The van der Waals surface area contributed by atoms with Crippen molar-refractivity contribution in [1.82, 2.24) is 20.6 Å². The number of hydrogen-bond donors (Lipinski definition) is 1. The van der Waals surface area contributed by atoms with Gasteiger partial charge in [-0.2, -0.15) is 31.6 Å². The molecule has 0 atom stereocenters. The number of alkyl halides is 6. The van der Waals surface area contributed by atoms with Crippen molar-refractivity contribution in [3.05, 3.63) is 40.7 Å². The first-order valence-electron chi connectivity index (χ1n) is 5.17. The van der Waals surface area contributed by atoms with Gasteiger partial charge >= 0.3 is 12.4 Å². The summed E-state index contributed by atoms with van der Waals surface area (Å²) in [7, 11) is 0. The number of benzene rings is 1. The molecule has 1 N–H and O–H groups in total. The number of tetrazole rings is 1. The fourth-order valence-electron chi connectivity index (χ4n) is 1.56. The lowest BCUT2D eigenvalue weighted by atomic mass is 10.0. The normalized spacial score (nSPS) is 12.7. The Morgan fingerprint density at radius 3 is 1.85 bits per heavy atom. The van der Waals surface area contributed by atoms with Crippen molar-refractivity contribution < 1.29 is 26.3 Å². The molecule has 1 aromatic carbocycles. The van der Waals surface area contributed by atoms with Crippen molar-refractivity contribution in [2.75, 3.05) is 0 Å². The highest BCUT2D eigenvalue weighted by atomic mass is 19.4. The van der Waals surface area contributed by atoms with Gasteiger partial charge in [0.2, 0.25) is 0 Å². The summed E-state index contributed by atoms with van der Waals surface area (Å²) in [5.74, 6) is -0.00236. The Morgan fingerprint density at radius 1 is 0.900 bits per heavy atom. The van der Waals surface area contributed by atoms with Crippen LogP contribution in [0, 0.1) is 0 Å². The molecule has 2 rings (SSSR count). The van der Waals surface area contributed by atoms with Gasteiger partial charge < -0.3 is 0 Å². The number of aromatic nitrogens is 4. The van der Waals surface area contributed by atoms with Crippen LogP contribution in [0.15, 0.2) is 18.2 Å². The van der Waals surface area contributed by atoms with Crippen molar-refractivity contribution in [2.45, 2.75) is 18.8 Å². The Morgan fingerprint density at radius 2 is 1.45 bits per heavy atom. The Bertz CT molecular complexity index is 555. The fraction of sp³-hybridized carbons (Fsp3) is 0.300. The van der Waals surface area contributed by atoms with Gasteiger partial charge in [-0.3, -0.25) is 0 Å². The zero-order chi connectivity index (χ0) is 15.0. The van der Waals surface area contributed by atoms with Crippen molar-refractivity contribution in [1.29, 1.82) is 0 Å². The Hall–Kier alpha value is -2.13. The minimum absolute atomic E-state index is 0.00236. The summed E-state index contributed by atoms with van der Waals surface area (Å²) in [6, 6.07) is 1.33. The zero-order valence-corrected chi connectivity index (χ0v) is 9.55. The molecule has 4 nitrogen and oxygen atoms in total. The predicted octanol–water partition coefficient (Wildman–Crippen LogP) is 2.83. The molecular formula is C10H6F6N4. The van der Waals surface area contributed by atoms with Crippen LogP contribution in [-0.4, -0.2) is 20.6 Å². The fourth-order valence-corrected chi connectivity index (χ4v) is 1.56. The molecule has 1 heterocycles. The highest BCUT2D eigenvalue weighted by molar-refractivity contribution is 5.34. The minimum Gasteiger partial charge on any atom is -0.177 e. The summed E-state index contributed by atoms with van der Waals surface area (Å²) in [6.07, 6.45) is -10.0. The molecule has 0 aliphatic rings. The highest BCUT2D eigenvalue weighted by Gasteiger charge is 2.36. The van der Waals surface area contributed by atoms with Gasteiger partial charge in [0.15, 0.2) is 5.82 Å². The predicted molar refractivity (Wildman–Crippen MR) is 53.4 cm³/mol. The van der Waals surface area contributed by atoms with Crippen molar-refractivity contribution in [3.8, 4) is 0 Å². The molecule has 0 saturated carbocycles. The molecule has 108 valence electrons. The molecular weight excluding hydrogens is 290 g/mol. The van der Waals surface area contributed by atoms with Crippen molar-refractivity contribution >= 4 is 0 Å². The van der Waals surface area contributed by atoms with E-state index in [-0.39, 0.29) is 23.9 Å². The lowest BCUT2D eigenvalue weighted by molar-refractivity contribution is -0.143. The molecule has 0 aliphatic carbocycles. The van der Waals surface area contributed by atoms with E-state index in [1.165, 1.54) is 0 Å². The molecule has 0 bridgehead atoms. The molecule has 0 spiro atoms. The molecule has 0 saturated heterocycles. The average molecular weight is 296 g/mol. The summed E-state index contributed by atoms with van der Waals surface area (Å²) in [4.78, 5) is 0. The van der Waals surface area contributed by atoms with E-state index in [1.807, 2.05) is 0 Å². The summed E-state index contributed by atoms with van der Waals surface area (Å²) in [6.45, 7) is 0. The van der Waals surface area contributed by atoms with Crippen LogP contribution in [0.2, 0.25) is 0 Å². The third kappa shape index (κ3) is 3.25. The van der Waals surface area contributed by atoms with E-state index in [1.54, 1.807) is 0 Å². The molecule has 0 aliphatic heterocycles. The molecule has 20 heavy (non-hydrogen) atoms. The molecule has 10 heteroatoms. The second-order valence-electron chi connectivity index (χ2n) is 3.92. The second-order valence-corrected chi connectivity index (χ2v) is 3.92. The Balaban J connectivity index is 2.46. The van der Waals surface area contributed by atoms with Crippen LogP contribution in [0.4, 0.5) is 26.3 Å². The summed E-state index contributed by atoms with van der Waals surface area (Å²) < 4.78 is 75.6. The monoisotopic (exact) mass is 296 g/mol. The number of halogens is 6. The molecule has 0 unspecified atom stereocenters. The molecule has 1 aromatic heterocycles. The molecule has 0 radical (unpaired) electrons. The first-order valence-corrected chi connectivity index (χ1v) is 5.17. The number of nitrogens with zero attached hydrogens (tertiary/aromatic N) is 3. The van der Waals surface area contributed by atoms with Gasteiger partial charge in [0.05, 0.1) is 11.1 Å². The number of aromatic amines is 1.